The standard InChI is InChI=1S/C18H31N3O2.ClH/c1-13(2)21-14(3)10-16(15(21)4)17(22)20-11-18(12-23-5)6-8-19-9-7-18;/h10,13,19H,6-9,11-12H2,1-5H3,(H,20,22);1H. The van der Waals surface area contributed by atoms with Crippen molar-refractivity contribution in [2.45, 2.75) is 46.6 Å². The lowest BCUT2D eigenvalue weighted by atomic mass is 9.79. The number of hydrogen-bond donors (Lipinski definition) is 2. The van der Waals surface area contributed by atoms with Gasteiger partial charge in [0.2, 0.25) is 0 Å². The first-order chi connectivity index (χ1) is 10.9. The molecule has 1 amide bonds. The molecule has 0 aliphatic carbocycles. The van der Waals surface area contributed by atoms with Crippen LogP contribution in [0, 0.1) is 19.3 Å². The lowest BCUT2D eigenvalue weighted by Crippen LogP contribution is -2.47. The van der Waals surface area contributed by atoms with E-state index in [1.165, 1.54) is 0 Å². The van der Waals surface area contributed by atoms with Gasteiger partial charge in [0, 0.05) is 36.5 Å². The van der Waals surface area contributed by atoms with Gasteiger partial charge in [0.1, 0.15) is 0 Å². The highest BCUT2D eigenvalue weighted by atomic mass is 35.5. The van der Waals surface area contributed by atoms with E-state index in [4.69, 9.17) is 4.74 Å². The van der Waals surface area contributed by atoms with Crippen LogP contribution in [0.2, 0.25) is 0 Å². The Morgan fingerprint density at radius 3 is 2.50 bits per heavy atom. The smallest absolute Gasteiger partial charge is 0.253 e. The summed E-state index contributed by atoms with van der Waals surface area (Å²) in [6.45, 7) is 11.7. The Hall–Kier alpha value is -1.04. The molecule has 1 aliphatic heterocycles. The van der Waals surface area contributed by atoms with Crippen LogP contribution in [-0.4, -0.2) is 43.8 Å². The van der Waals surface area contributed by atoms with E-state index in [9.17, 15) is 4.79 Å². The molecule has 6 heteroatoms. The van der Waals surface area contributed by atoms with Crippen LogP contribution < -0.4 is 10.6 Å². The summed E-state index contributed by atoms with van der Waals surface area (Å²) in [5, 5.41) is 6.53. The number of aryl methyl sites for hydroxylation is 1. The van der Waals surface area contributed by atoms with Crippen molar-refractivity contribution < 1.29 is 9.53 Å². The van der Waals surface area contributed by atoms with Gasteiger partial charge in [-0.3, -0.25) is 4.79 Å². The second-order valence-corrected chi connectivity index (χ2v) is 7.11. The Balaban J connectivity index is 0.00000288. The van der Waals surface area contributed by atoms with Crippen molar-refractivity contribution in [1.29, 1.82) is 0 Å². The number of methoxy groups -OCH3 is 1. The van der Waals surface area contributed by atoms with Crippen LogP contribution in [0.5, 0.6) is 0 Å². The molecule has 1 aliphatic rings. The van der Waals surface area contributed by atoms with Gasteiger partial charge < -0.3 is 19.9 Å². The van der Waals surface area contributed by atoms with E-state index in [-0.39, 0.29) is 23.7 Å². The van der Waals surface area contributed by atoms with Crippen LogP contribution in [0.15, 0.2) is 6.07 Å². The van der Waals surface area contributed by atoms with E-state index in [2.05, 4.69) is 36.0 Å². The van der Waals surface area contributed by atoms with Gasteiger partial charge >= 0.3 is 0 Å². The van der Waals surface area contributed by atoms with E-state index < -0.39 is 0 Å². The lowest BCUT2D eigenvalue weighted by Gasteiger charge is -2.37. The largest absolute Gasteiger partial charge is 0.384 e. The molecule has 138 valence electrons. The zero-order valence-electron chi connectivity index (χ0n) is 15.6. The fraction of sp³-hybridized carbons (Fsp3) is 0.722. The molecule has 1 saturated heterocycles. The number of nitrogens with zero attached hydrogens (tertiary/aromatic N) is 1. The van der Waals surface area contributed by atoms with Gasteiger partial charge in [0.25, 0.3) is 5.91 Å². The minimum absolute atomic E-state index is 0. The van der Waals surface area contributed by atoms with Gasteiger partial charge in [0.15, 0.2) is 0 Å². The minimum Gasteiger partial charge on any atom is -0.384 e. The first-order valence-electron chi connectivity index (χ1n) is 8.56. The molecule has 1 fully saturated rings. The maximum absolute atomic E-state index is 12.7. The molecule has 2 rings (SSSR count). The Bertz CT molecular complexity index is 543. The van der Waals surface area contributed by atoms with Crippen molar-refractivity contribution in [2.75, 3.05) is 33.4 Å². The average molecular weight is 358 g/mol. The van der Waals surface area contributed by atoms with Crippen molar-refractivity contribution in [1.82, 2.24) is 15.2 Å². The third-order valence-corrected chi connectivity index (χ3v) is 4.98. The van der Waals surface area contributed by atoms with Crippen LogP contribution in [0.1, 0.15) is 54.5 Å². The Kier molecular flexibility index (Phi) is 7.77. The molecule has 2 N–H and O–H groups in total. The fourth-order valence-electron chi connectivity index (χ4n) is 3.80. The maximum Gasteiger partial charge on any atom is 0.253 e. The normalized spacial score (nSPS) is 16.8. The highest BCUT2D eigenvalue weighted by molar-refractivity contribution is 5.95. The number of carbonyl (C=O) groups excluding carboxylic acids is 1. The van der Waals surface area contributed by atoms with E-state index >= 15 is 0 Å². The number of rotatable bonds is 6. The predicted octanol–water partition coefficient (Wildman–Crippen LogP) is 2.85. The van der Waals surface area contributed by atoms with Crippen molar-refractivity contribution in [2.24, 2.45) is 5.41 Å². The average Bonchev–Trinajstić information content (AvgIpc) is 2.81. The highest BCUT2D eigenvalue weighted by Crippen LogP contribution is 2.28. The summed E-state index contributed by atoms with van der Waals surface area (Å²) in [5.74, 6) is 0.0269. The van der Waals surface area contributed by atoms with Crippen LogP contribution in [0.4, 0.5) is 0 Å². The number of halogens is 1. The second-order valence-electron chi connectivity index (χ2n) is 7.11. The van der Waals surface area contributed by atoms with Gasteiger partial charge in [0.05, 0.1) is 12.2 Å². The molecule has 0 radical (unpaired) electrons. The Labute approximate surface area is 151 Å². The SMILES string of the molecule is COCC1(CNC(=O)c2cc(C)n(C(C)C)c2C)CCNCC1.Cl. The maximum atomic E-state index is 12.7. The van der Waals surface area contributed by atoms with Gasteiger partial charge in [-0.2, -0.15) is 0 Å². The number of aromatic nitrogens is 1. The molecule has 1 aromatic rings. The van der Waals surface area contributed by atoms with Gasteiger partial charge in [-0.05, 0) is 59.7 Å². The summed E-state index contributed by atoms with van der Waals surface area (Å²) in [6.07, 6.45) is 2.07. The molecule has 0 aromatic carbocycles. The van der Waals surface area contributed by atoms with Crippen molar-refractivity contribution in [3.05, 3.63) is 23.0 Å². The molecular formula is C18H32ClN3O2. The van der Waals surface area contributed by atoms with Gasteiger partial charge in [-0.1, -0.05) is 0 Å². The van der Waals surface area contributed by atoms with Gasteiger partial charge in [-0.25, -0.2) is 0 Å². The van der Waals surface area contributed by atoms with E-state index in [1.54, 1.807) is 7.11 Å². The summed E-state index contributed by atoms with van der Waals surface area (Å²) in [7, 11) is 1.74. The summed E-state index contributed by atoms with van der Waals surface area (Å²) in [6, 6.07) is 2.36. The molecule has 0 unspecified atom stereocenters. The number of amides is 1. The van der Waals surface area contributed by atoms with Crippen molar-refractivity contribution in [3.63, 3.8) is 0 Å². The quantitative estimate of drug-likeness (QED) is 0.823. The summed E-state index contributed by atoms with van der Waals surface area (Å²) < 4.78 is 7.63. The fourth-order valence-corrected chi connectivity index (χ4v) is 3.80. The Morgan fingerprint density at radius 1 is 1.38 bits per heavy atom. The monoisotopic (exact) mass is 357 g/mol. The van der Waals surface area contributed by atoms with E-state index in [1.807, 2.05) is 13.0 Å². The molecule has 2 heterocycles. The molecule has 0 bridgehead atoms. The van der Waals surface area contributed by atoms with Crippen LogP contribution in [0.25, 0.3) is 0 Å². The van der Waals surface area contributed by atoms with Gasteiger partial charge in [-0.15, -0.1) is 12.4 Å². The number of nitrogens with one attached hydrogen (secondary N) is 2. The molecule has 1 aromatic heterocycles. The topological polar surface area (TPSA) is 55.3 Å². The molecule has 0 saturated carbocycles. The number of ether oxygens (including phenoxy) is 1. The van der Waals surface area contributed by atoms with Crippen LogP contribution in [-0.2, 0) is 4.74 Å². The van der Waals surface area contributed by atoms with Crippen molar-refractivity contribution in [3.8, 4) is 0 Å². The van der Waals surface area contributed by atoms with Crippen molar-refractivity contribution >= 4 is 18.3 Å². The molecule has 0 spiro atoms. The third kappa shape index (κ3) is 4.52. The summed E-state index contributed by atoms with van der Waals surface area (Å²) in [5.41, 5.74) is 3.02. The predicted molar refractivity (Wildman–Crippen MR) is 100 cm³/mol. The molecule has 0 atom stereocenters. The highest BCUT2D eigenvalue weighted by Gasteiger charge is 2.32. The molecule has 24 heavy (non-hydrogen) atoms. The lowest BCUT2D eigenvalue weighted by molar-refractivity contribution is 0.0511. The molecular weight excluding hydrogens is 326 g/mol. The van der Waals surface area contributed by atoms with Crippen LogP contribution in [0.3, 0.4) is 0 Å². The van der Waals surface area contributed by atoms with Crippen LogP contribution >= 0.6 is 12.4 Å². The minimum atomic E-state index is 0. The molecule has 5 nitrogen and oxygen atoms in total. The number of hydrogen-bond acceptors (Lipinski definition) is 3. The number of carbonyl (C=O) groups is 1. The zero-order valence-corrected chi connectivity index (χ0v) is 16.4. The zero-order chi connectivity index (χ0) is 17.0. The Morgan fingerprint density at radius 2 is 2.00 bits per heavy atom. The third-order valence-electron chi connectivity index (χ3n) is 4.98. The summed E-state index contributed by atoms with van der Waals surface area (Å²) >= 11 is 0. The van der Waals surface area contributed by atoms with E-state index in [0.29, 0.717) is 19.2 Å². The number of piperidine rings is 1. The first-order valence-corrected chi connectivity index (χ1v) is 8.56. The first kappa shape index (κ1) is 21.0. The second kappa shape index (κ2) is 8.88. The van der Waals surface area contributed by atoms with E-state index in [0.717, 1.165) is 42.9 Å². The summed E-state index contributed by atoms with van der Waals surface area (Å²) in [4.78, 5) is 12.7.